The fourth-order valence-electron chi connectivity index (χ4n) is 2.29. The molecule has 6 heteroatoms. The molecule has 108 valence electrons. The Labute approximate surface area is 114 Å². The van der Waals surface area contributed by atoms with Gasteiger partial charge in [0.1, 0.15) is 6.10 Å². The van der Waals surface area contributed by atoms with Crippen LogP contribution in [0.2, 0.25) is 0 Å². The lowest BCUT2D eigenvalue weighted by atomic mass is 10.2. The van der Waals surface area contributed by atoms with E-state index in [0.29, 0.717) is 18.3 Å². The van der Waals surface area contributed by atoms with Crippen molar-refractivity contribution in [1.82, 2.24) is 20.4 Å². The first-order chi connectivity index (χ1) is 9.33. The van der Waals surface area contributed by atoms with Crippen molar-refractivity contribution >= 4 is 0 Å². The predicted molar refractivity (Wildman–Crippen MR) is 71.7 cm³/mol. The normalized spacial score (nSPS) is 19.3. The van der Waals surface area contributed by atoms with E-state index in [0.717, 1.165) is 45.6 Å². The molecule has 0 amide bonds. The zero-order valence-electron chi connectivity index (χ0n) is 11.9. The number of nitrogens with zero attached hydrogens (tertiary/aromatic N) is 3. The molecular formula is C13H24N4O2. The van der Waals surface area contributed by atoms with Crippen LogP contribution in [0.1, 0.15) is 44.5 Å². The largest absolute Gasteiger partial charge is 0.370 e. The Morgan fingerprint density at radius 1 is 1.37 bits per heavy atom. The molecule has 1 fully saturated rings. The summed E-state index contributed by atoms with van der Waals surface area (Å²) >= 11 is 0. The molecule has 1 aliphatic heterocycles. The molecule has 1 aromatic rings. The fraction of sp³-hybridized carbons (Fsp3) is 0.846. The van der Waals surface area contributed by atoms with Crippen molar-refractivity contribution < 1.29 is 9.26 Å². The molecule has 1 unspecified atom stereocenters. The Hall–Kier alpha value is -0.980. The SMILES string of the molecule is CCOC(CC)c1noc(CN2CCCNCC2)n1. The van der Waals surface area contributed by atoms with Gasteiger partial charge < -0.3 is 14.6 Å². The molecule has 0 spiro atoms. The summed E-state index contributed by atoms with van der Waals surface area (Å²) in [6.07, 6.45) is 1.98. The zero-order chi connectivity index (χ0) is 13.5. The number of ether oxygens (including phenoxy) is 1. The van der Waals surface area contributed by atoms with E-state index < -0.39 is 0 Å². The highest BCUT2D eigenvalue weighted by Crippen LogP contribution is 2.18. The molecule has 1 aliphatic rings. The summed E-state index contributed by atoms with van der Waals surface area (Å²) in [6.45, 7) is 9.67. The van der Waals surface area contributed by atoms with Gasteiger partial charge in [-0.25, -0.2) is 0 Å². The van der Waals surface area contributed by atoms with E-state index in [1.165, 1.54) is 0 Å². The van der Waals surface area contributed by atoms with Gasteiger partial charge in [-0.2, -0.15) is 4.98 Å². The fourth-order valence-corrected chi connectivity index (χ4v) is 2.29. The van der Waals surface area contributed by atoms with Crippen LogP contribution in [-0.2, 0) is 11.3 Å². The van der Waals surface area contributed by atoms with Crippen LogP contribution in [-0.4, -0.2) is 47.8 Å². The summed E-state index contributed by atoms with van der Waals surface area (Å²) in [5.41, 5.74) is 0. The van der Waals surface area contributed by atoms with Gasteiger partial charge in [-0.15, -0.1) is 0 Å². The standard InChI is InChI=1S/C13H24N4O2/c1-3-11(18-4-2)13-15-12(19-16-13)10-17-8-5-6-14-7-9-17/h11,14H,3-10H2,1-2H3. The monoisotopic (exact) mass is 268 g/mol. The second-order valence-electron chi connectivity index (χ2n) is 4.78. The predicted octanol–water partition coefficient (Wildman–Crippen LogP) is 1.35. The van der Waals surface area contributed by atoms with Gasteiger partial charge in [-0.3, -0.25) is 4.90 Å². The van der Waals surface area contributed by atoms with E-state index in [-0.39, 0.29) is 6.10 Å². The number of nitrogens with one attached hydrogen (secondary N) is 1. The first-order valence-electron chi connectivity index (χ1n) is 7.20. The van der Waals surface area contributed by atoms with Crippen LogP contribution in [0.25, 0.3) is 0 Å². The second kappa shape index (κ2) is 7.57. The van der Waals surface area contributed by atoms with Gasteiger partial charge in [0, 0.05) is 19.7 Å². The zero-order valence-corrected chi connectivity index (χ0v) is 11.9. The van der Waals surface area contributed by atoms with Crippen LogP contribution in [0.4, 0.5) is 0 Å². The average Bonchev–Trinajstić information content (AvgIpc) is 2.72. The number of rotatable bonds is 6. The first-order valence-corrected chi connectivity index (χ1v) is 7.20. The minimum Gasteiger partial charge on any atom is -0.370 e. The highest BCUT2D eigenvalue weighted by Gasteiger charge is 2.18. The second-order valence-corrected chi connectivity index (χ2v) is 4.78. The molecule has 2 heterocycles. The van der Waals surface area contributed by atoms with Gasteiger partial charge in [0.25, 0.3) is 0 Å². The smallest absolute Gasteiger partial charge is 0.240 e. The van der Waals surface area contributed by atoms with Gasteiger partial charge in [0.05, 0.1) is 6.54 Å². The van der Waals surface area contributed by atoms with Gasteiger partial charge in [-0.05, 0) is 32.9 Å². The van der Waals surface area contributed by atoms with Crippen molar-refractivity contribution in [2.45, 2.75) is 39.3 Å². The van der Waals surface area contributed by atoms with Crippen LogP contribution < -0.4 is 5.32 Å². The number of aromatic nitrogens is 2. The minimum absolute atomic E-state index is 0.0479. The molecule has 1 aromatic heterocycles. The van der Waals surface area contributed by atoms with E-state index >= 15 is 0 Å². The average molecular weight is 268 g/mol. The highest BCUT2D eigenvalue weighted by atomic mass is 16.5. The van der Waals surface area contributed by atoms with Gasteiger partial charge >= 0.3 is 0 Å². The van der Waals surface area contributed by atoms with E-state index in [1.54, 1.807) is 0 Å². The van der Waals surface area contributed by atoms with E-state index in [2.05, 4.69) is 27.3 Å². The van der Waals surface area contributed by atoms with Crippen LogP contribution in [0.5, 0.6) is 0 Å². The molecule has 1 atom stereocenters. The Balaban J connectivity index is 1.92. The molecule has 0 aliphatic carbocycles. The summed E-state index contributed by atoms with van der Waals surface area (Å²) in [7, 11) is 0. The summed E-state index contributed by atoms with van der Waals surface area (Å²) in [6, 6.07) is 0. The molecule has 0 radical (unpaired) electrons. The lowest BCUT2D eigenvalue weighted by molar-refractivity contribution is 0.0518. The van der Waals surface area contributed by atoms with Gasteiger partial charge in [0.15, 0.2) is 0 Å². The quantitative estimate of drug-likeness (QED) is 0.840. The third-order valence-corrected chi connectivity index (χ3v) is 3.30. The third-order valence-electron chi connectivity index (χ3n) is 3.30. The maximum absolute atomic E-state index is 5.59. The molecular weight excluding hydrogens is 244 g/mol. The van der Waals surface area contributed by atoms with Crippen LogP contribution in [0.3, 0.4) is 0 Å². The van der Waals surface area contributed by atoms with Crippen LogP contribution in [0.15, 0.2) is 4.52 Å². The summed E-state index contributed by atoms with van der Waals surface area (Å²) in [5.74, 6) is 1.36. The molecule has 0 aromatic carbocycles. The van der Waals surface area contributed by atoms with Crippen molar-refractivity contribution in [2.75, 3.05) is 32.8 Å². The lowest BCUT2D eigenvalue weighted by Crippen LogP contribution is -2.27. The highest BCUT2D eigenvalue weighted by molar-refractivity contribution is 4.91. The minimum atomic E-state index is -0.0479. The maximum Gasteiger partial charge on any atom is 0.240 e. The Morgan fingerprint density at radius 2 is 2.26 bits per heavy atom. The summed E-state index contributed by atoms with van der Waals surface area (Å²) in [5, 5.41) is 7.43. The van der Waals surface area contributed by atoms with Crippen molar-refractivity contribution in [2.24, 2.45) is 0 Å². The molecule has 6 nitrogen and oxygen atoms in total. The Morgan fingerprint density at radius 3 is 3.05 bits per heavy atom. The molecule has 0 saturated carbocycles. The van der Waals surface area contributed by atoms with E-state index in [4.69, 9.17) is 9.26 Å². The molecule has 2 rings (SSSR count). The van der Waals surface area contributed by atoms with Crippen molar-refractivity contribution in [1.29, 1.82) is 0 Å². The van der Waals surface area contributed by atoms with Crippen molar-refractivity contribution in [3.05, 3.63) is 11.7 Å². The van der Waals surface area contributed by atoms with Gasteiger partial charge in [-0.1, -0.05) is 12.1 Å². The lowest BCUT2D eigenvalue weighted by Gasteiger charge is -2.16. The Kier molecular flexibility index (Phi) is 5.75. The number of hydrogen-bond acceptors (Lipinski definition) is 6. The molecule has 19 heavy (non-hydrogen) atoms. The third kappa shape index (κ3) is 4.26. The van der Waals surface area contributed by atoms with E-state index in [9.17, 15) is 0 Å². The van der Waals surface area contributed by atoms with E-state index in [1.807, 2.05) is 6.92 Å². The van der Waals surface area contributed by atoms with Crippen molar-refractivity contribution in [3.63, 3.8) is 0 Å². The van der Waals surface area contributed by atoms with Crippen molar-refractivity contribution in [3.8, 4) is 0 Å². The summed E-state index contributed by atoms with van der Waals surface area (Å²) < 4.78 is 10.9. The number of hydrogen-bond donors (Lipinski definition) is 1. The van der Waals surface area contributed by atoms with Gasteiger partial charge in [0.2, 0.25) is 11.7 Å². The van der Waals surface area contributed by atoms with Crippen LogP contribution in [0, 0.1) is 0 Å². The maximum atomic E-state index is 5.59. The topological polar surface area (TPSA) is 63.4 Å². The summed E-state index contributed by atoms with van der Waals surface area (Å²) in [4.78, 5) is 6.81. The first kappa shape index (κ1) is 14.4. The van der Waals surface area contributed by atoms with Crippen LogP contribution >= 0.6 is 0 Å². The molecule has 0 bridgehead atoms. The molecule has 1 N–H and O–H groups in total. The Bertz CT molecular complexity index is 361. The molecule has 1 saturated heterocycles.